The van der Waals surface area contributed by atoms with Crippen molar-refractivity contribution in [3.05, 3.63) is 130 Å². The number of nitrogens with one attached hydrogen (secondary N) is 3. The number of hydrogen-bond acceptors (Lipinski definition) is 30. The van der Waals surface area contributed by atoms with Gasteiger partial charge in [-0.05, 0) is 95.5 Å². The lowest BCUT2D eigenvalue weighted by Gasteiger charge is -2.32. The van der Waals surface area contributed by atoms with Crippen molar-refractivity contribution < 1.29 is 133 Å². The Kier molecular flexibility index (Phi) is 30.6. The average molecular weight is 1770 g/mol. The summed E-state index contributed by atoms with van der Waals surface area (Å²) in [6.45, 7) is 12.0. The molecule has 0 saturated carbocycles. The van der Waals surface area contributed by atoms with Crippen LogP contribution >= 0.6 is 35.1 Å². The van der Waals surface area contributed by atoms with Crippen LogP contribution in [0.25, 0.3) is 0 Å². The van der Waals surface area contributed by atoms with E-state index in [2.05, 4.69) is 83.3 Å². The zero-order chi connectivity index (χ0) is 89.9. The SMILES string of the molecule is C=CC(=O)N1CC[C@@H](N(C)c2nnc(C(N)=O)c(Nc3ccc(C(O)(C(F)(F)F)C(F)(F)F)cc3)n2)C1.CCOC(=O)c1nnc(SC)nc1Cl.CN(c1nnc(C(N)=O)c(Nc2ccc(C(O)(C(F)(F)F)C(F)(F)F)cc2)n1)[C@@H]1CCN(C(=O)OC(C)(C)C)C1.CSc1nnc(C(N)=O)c(Nc2ccc(C(O)(C(F)(F)F)C(F)(F)F)cc2)n1. The van der Waals surface area contributed by atoms with Crippen molar-refractivity contribution in [2.24, 2.45) is 17.2 Å². The Morgan fingerprint density at radius 2 is 0.807 bits per heavy atom. The molecule has 4 aromatic heterocycles. The molecule has 6 heterocycles. The van der Waals surface area contributed by atoms with Crippen molar-refractivity contribution in [1.29, 1.82) is 0 Å². The lowest BCUT2D eigenvalue weighted by molar-refractivity contribution is -0.376. The molecule has 54 heteroatoms. The minimum atomic E-state index is -6.05. The van der Waals surface area contributed by atoms with Gasteiger partial charge in [0, 0.05) is 74.0 Å². The fraction of sp³-hybridized carbons (Fsp3) is 0.415. The summed E-state index contributed by atoms with van der Waals surface area (Å²) in [7, 11) is 3.22. The van der Waals surface area contributed by atoms with Crippen molar-refractivity contribution in [1.82, 2.24) is 70.5 Å². The molecule has 5 amide bonds. The van der Waals surface area contributed by atoms with Gasteiger partial charge in [-0.3, -0.25) is 19.2 Å². The van der Waals surface area contributed by atoms with Crippen LogP contribution in [0.15, 0.2) is 95.8 Å². The fourth-order valence-corrected chi connectivity index (χ4v) is 11.2. The summed E-state index contributed by atoms with van der Waals surface area (Å²) in [6.07, 6.45) is -31.0. The lowest BCUT2D eigenvalue weighted by Crippen LogP contribution is -2.53. The Hall–Kier alpha value is -11.3. The van der Waals surface area contributed by atoms with E-state index < -0.39 is 117 Å². The summed E-state index contributed by atoms with van der Waals surface area (Å²) in [5, 5.41) is 66.4. The van der Waals surface area contributed by atoms with Gasteiger partial charge in [0.25, 0.3) is 34.5 Å². The lowest BCUT2D eigenvalue weighted by atomic mass is 9.92. The second-order valence-corrected chi connectivity index (χ2v) is 27.5. The zero-order valence-corrected chi connectivity index (χ0v) is 64.7. The number of nitrogens with two attached hydrogens (primary N) is 3. The molecule has 2 aliphatic rings. The third-order valence-electron chi connectivity index (χ3n) is 16.5. The molecular weight excluding hydrogens is 1710 g/mol. The maximum Gasteiger partial charge on any atom is 0.430 e. The Bertz CT molecular complexity index is 4750. The van der Waals surface area contributed by atoms with E-state index >= 15 is 0 Å². The van der Waals surface area contributed by atoms with Crippen LogP contribution in [0.3, 0.4) is 0 Å². The maximum atomic E-state index is 13.2. The normalized spacial score (nSPS) is 14.8. The van der Waals surface area contributed by atoms with Gasteiger partial charge < -0.3 is 77.5 Å². The third kappa shape index (κ3) is 22.7. The molecule has 119 heavy (non-hydrogen) atoms. The number of hydrogen-bond donors (Lipinski definition) is 9. The molecule has 0 bridgehead atoms. The van der Waals surface area contributed by atoms with E-state index in [9.17, 15) is 123 Å². The molecule has 9 rings (SSSR count). The van der Waals surface area contributed by atoms with Crippen molar-refractivity contribution in [2.45, 2.75) is 122 Å². The molecule has 7 aromatic rings. The van der Waals surface area contributed by atoms with Gasteiger partial charge in [-0.1, -0.05) is 78.1 Å². The average Bonchev–Trinajstić information content (AvgIpc) is 1.14. The number of carbonyl (C=O) groups is 6. The van der Waals surface area contributed by atoms with E-state index in [1.54, 1.807) is 69.0 Å². The first-order chi connectivity index (χ1) is 54.8. The number of amides is 5. The monoisotopic (exact) mass is 1770 g/mol. The molecule has 2 fully saturated rings. The van der Waals surface area contributed by atoms with Crippen molar-refractivity contribution >= 4 is 117 Å². The number of esters is 1. The highest BCUT2D eigenvalue weighted by Gasteiger charge is 2.73. The van der Waals surface area contributed by atoms with Gasteiger partial charge in [0.2, 0.25) is 33.8 Å². The van der Waals surface area contributed by atoms with Gasteiger partial charge in [0.1, 0.15) is 5.60 Å². The van der Waals surface area contributed by atoms with Crippen LogP contribution in [-0.2, 0) is 31.1 Å². The van der Waals surface area contributed by atoms with Gasteiger partial charge in [-0.2, -0.15) is 89.0 Å². The van der Waals surface area contributed by atoms with Gasteiger partial charge in [0.05, 0.1) is 18.7 Å². The molecule has 0 aliphatic carbocycles. The van der Waals surface area contributed by atoms with E-state index in [1.807, 2.05) is 0 Å². The van der Waals surface area contributed by atoms with E-state index in [-0.39, 0.29) is 99.3 Å². The number of carbonyl (C=O) groups excluding carboxylic acids is 6. The number of aliphatic hydroxyl groups is 3. The van der Waals surface area contributed by atoms with Crippen molar-refractivity contribution in [2.75, 3.05) is 85.1 Å². The van der Waals surface area contributed by atoms with Crippen LogP contribution in [-0.4, -0.2) is 236 Å². The number of likely N-dealkylation sites (N-methyl/N-ethyl adjacent to an activating group) is 2. The highest BCUT2D eigenvalue weighted by atomic mass is 35.5. The first kappa shape index (κ1) is 96.5. The number of halogens is 19. The number of likely N-dealkylation sites (tertiary alicyclic amines) is 2. The molecule has 33 nitrogen and oxygen atoms in total. The molecule has 0 radical (unpaired) electrons. The summed E-state index contributed by atoms with van der Waals surface area (Å²) < 4.78 is 245. The quantitative estimate of drug-likeness (QED) is 0.0140. The molecule has 2 saturated heterocycles. The summed E-state index contributed by atoms with van der Waals surface area (Å²) in [5.41, 5.74) is -6.10. The smallest absolute Gasteiger partial charge is 0.430 e. The Morgan fingerprint density at radius 1 is 0.504 bits per heavy atom. The Morgan fingerprint density at radius 3 is 1.10 bits per heavy atom. The number of anilines is 8. The van der Waals surface area contributed by atoms with Crippen LogP contribution < -0.4 is 43.0 Å². The van der Waals surface area contributed by atoms with E-state index in [1.165, 1.54) is 22.7 Å². The van der Waals surface area contributed by atoms with Crippen LogP contribution in [0.4, 0.5) is 130 Å². The summed E-state index contributed by atoms with van der Waals surface area (Å²) in [4.78, 5) is 92.9. The largest absolute Gasteiger partial charge is 0.461 e. The number of aromatic nitrogens is 12. The molecule has 0 unspecified atom stereocenters. The number of primary amides is 3. The zero-order valence-electron chi connectivity index (χ0n) is 62.3. The topological polar surface area (TPSA) is 463 Å². The summed E-state index contributed by atoms with van der Waals surface area (Å²) in [5.74, 6) is -4.73. The number of benzene rings is 3. The van der Waals surface area contributed by atoms with Crippen molar-refractivity contribution in [3.63, 3.8) is 0 Å². The van der Waals surface area contributed by atoms with E-state index in [0.29, 0.717) is 74.0 Å². The van der Waals surface area contributed by atoms with E-state index in [0.717, 1.165) is 48.2 Å². The summed E-state index contributed by atoms with van der Waals surface area (Å²) >= 11 is 8.07. The van der Waals surface area contributed by atoms with Gasteiger partial charge in [-0.25, -0.2) is 19.6 Å². The fourth-order valence-electron chi connectivity index (χ4n) is 10.3. The minimum Gasteiger partial charge on any atom is -0.461 e. The molecule has 3 aromatic carbocycles. The third-order valence-corrected chi connectivity index (χ3v) is 17.9. The number of rotatable bonds is 21. The second-order valence-electron chi connectivity index (χ2n) is 25.6. The Balaban J connectivity index is 0.000000258. The predicted molar refractivity (Wildman–Crippen MR) is 385 cm³/mol. The number of thioether (sulfide) groups is 2. The van der Waals surface area contributed by atoms with Gasteiger partial charge in [0.15, 0.2) is 39.7 Å². The van der Waals surface area contributed by atoms with Gasteiger partial charge in [-0.15, -0.1) is 40.8 Å². The van der Waals surface area contributed by atoms with Crippen LogP contribution in [0.1, 0.15) is 99.2 Å². The molecule has 2 aliphatic heterocycles. The predicted octanol–water partition coefficient (Wildman–Crippen LogP) is 9.89. The van der Waals surface area contributed by atoms with Crippen molar-refractivity contribution in [3.8, 4) is 0 Å². The highest BCUT2D eigenvalue weighted by molar-refractivity contribution is 7.98. The number of nitrogens with zero attached hydrogens (tertiary/aromatic N) is 16. The van der Waals surface area contributed by atoms with Crippen LogP contribution in [0, 0.1) is 0 Å². The van der Waals surface area contributed by atoms with Gasteiger partial charge >= 0.3 is 49.1 Å². The van der Waals surface area contributed by atoms with Crippen LogP contribution in [0.5, 0.6) is 0 Å². The molecule has 648 valence electrons. The number of ether oxygens (including phenoxy) is 2. The molecular formula is C65H67ClF18N22O11S2. The maximum absolute atomic E-state index is 13.2. The second kappa shape index (κ2) is 37.7. The first-order valence-electron chi connectivity index (χ1n) is 33.2. The summed E-state index contributed by atoms with van der Waals surface area (Å²) in [6, 6.07) is 7.07. The van der Waals surface area contributed by atoms with Crippen LogP contribution in [0.2, 0.25) is 5.15 Å². The molecule has 12 N–H and O–H groups in total. The first-order valence-corrected chi connectivity index (χ1v) is 36.0. The Labute approximate surface area is 672 Å². The number of alkyl halides is 18. The minimum absolute atomic E-state index is 0.00513. The standard InChI is InChI=1S/C23H27F6N7O4.C21H21F6N7O3.C14H11F6N5O2S.C7H8ClN3O2S/c1-20(2,3)40-19(38)36-10-9-14(11-36)35(4)18-32-17(15(16(30)37)33-34-18)31-13-7-5-12(6-8-13)21(39,22(24,25)26)23(27,28)29;1-3-14(35)34-9-8-13(10-34)33(2)18-30-17(15(16(28)36)31-32-18)29-12-6-4-11(5-7-12)19(37,20(22,23)24)21(25,26)27;1-28-11-23-10(8(9(21)26)24-25-11)22-7-4-2-6(3-5-7)12(27,13(15,16)17)14(18,19)20;1-3-13-6(12)4-5(8)9-7(14-2)11-10-4/h5-8,14,39H,9-11H2,1-4H3,(H2,30,37)(H,31,32,34);3-7,13,37H,1,8-10H2,2H3,(H2,28,36)(H,29,30,32);2-5,27H,1H3,(H2,21,26)(H,22,23,25);3H2,1-2H3/t14-;13-;;/m11../s1. The molecule has 0 spiro atoms. The van der Waals surface area contributed by atoms with E-state index in [4.69, 9.17) is 38.3 Å². The highest BCUT2D eigenvalue weighted by Crippen LogP contribution is 2.53. The molecule has 2 atom stereocenters.